The number of aromatic carboxylic acids is 1. The monoisotopic (exact) mass is 282 g/mol. The van der Waals surface area contributed by atoms with Crippen LogP contribution in [-0.2, 0) is 6.54 Å². The zero-order valence-corrected chi connectivity index (χ0v) is 10.6. The van der Waals surface area contributed by atoms with Crippen LogP contribution in [0.5, 0.6) is 0 Å². The summed E-state index contributed by atoms with van der Waals surface area (Å²) in [6.07, 6.45) is 2.48. The summed E-state index contributed by atoms with van der Waals surface area (Å²) in [5.74, 6) is -0.604. The summed E-state index contributed by atoms with van der Waals surface area (Å²) in [6, 6.07) is 4.50. The van der Waals surface area contributed by atoms with Crippen LogP contribution in [0.15, 0.2) is 30.6 Å². The molecule has 0 aliphatic rings. The molecule has 0 aliphatic heterocycles. The van der Waals surface area contributed by atoms with Gasteiger partial charge in [-0.15, -0.1) is 0 Å². The standard InChI is InChI=1S/C12H12F2N4O2/c1-17(7-10-15-5-6-18(10)12(13)14)9-4-2-3-8(16-9)11(19)20/h2-6,12H,7H2,1H3,(H,19,20). The molecule has 2 rings (SSSR count). The van der Waals surface area contributed by atoms with E-state index in [0.717, 1.165) is 4.57 Å². The van der Waals surface area contributed by atoms with E-state index in [1.165, 1.54) is 18.5 Å². The smallest absolute Gasteiger partial charge is 0.354 e. The van der Waals surface area contributed by atoms with E-state index in [4.69, 9.17) is 5.11 Å². The molecule has 0 atom stereocenters. The number of carboxylic acids is 1. The molecule has 1 N–H and O–H groups in total. The molecule has 2 heterocycles. The van der Waals surface area contributed by atoms with Crippen molar-refractivity contribution >= 4 is 11.8 Å². The molecular weight excluding hydrogens is 270 g/mol. The Morgan fingerprint density at radius 3 is 2.90 bits per heavy atom. The summed E-state index contributed by atoms with van der Waals surface area (Å²) in [6.45, 7) is -2.58. The maximum Gasteiger partial charge on any atom is 0.354 e. The number of rotatable bonds is 5. The van der Waals surface area contributed by atoms with Crippen molar-refractivity contribution in [3.63, 3.8) is 0 Å². The van der Waals surface area contributed by atoms with E-state index in [9.17, 15) is 13.6 Å². The summed E-state index contributed by atoms with van der Waals surface area (Å²) < 4.78 is 26.1. The van der Waals surface area contributed by atoms with Crippen molar-refractivity contribution < 1.29 is 18.7 Å². The highest BCUT2D eigenvalue weighted by Crippen LogP contribution is 2.16. The maximum absolute atomic E-state index is 12.7. The van der Waals surface area contributed by atoms with Crippen LogP contribution in [0.4, 0.5) is 14.6 Å². The predicted octanol–water partition coefficient (Wildman–Crippen LogP) is 2.01. The first-order valence-electron chi connectivity index (χ1n) is 5.70. The summed E-state index contributed by atoms with van der Waals surface area (Å²) in [5, 5.41) is 8.87. The third-order valence-corrected chi connectivity index (χ3v) is 2.68. The van der Waals surface area contributed by atoms with Crippen molar-refractivity contribution in [3.05, 3.63) is 42.1 Å². The largest absolute Gasteiger partial charge is 0.477 e. The number of aromatic nitrogens is 3. The molecule has 0 bridgehead atoms. The number of pyridine rings is 1. The minimum atomic E-state index is -2.67. The van der Waals surface area contributed by atoms with Gasteiger partial charge in [0.2, 0.25) is 0 Å². The van der Waals surface area contributed by atoms with E-state index >= 15 is 0 Å². The molecule has 0 amide bonds. The van der Waals surface area contributed by atoms with E-state index in [2.05, 4.69) is 9.97 Å². The van der Waals surface area contributed by atoms with E-state index in [1.807, 2.05) is 0 Å². The fourth-order valence-corrected chi connectivity index (χ4v) is 1.69. The number of carbonyl (C=O) groups is 1. The quantitative estimate of drug-likeness (QED) is 0.908. The summed E-state index contributed by atoms with van der Waals surface area (Å²) in [5.41, 5.74) is -0.105. The van der Waals surface area contributed by atoms with E-state index in [0.29, 0.717) is 5.82 Å². The molecule has 0 fully saturated rings. The first-order valence-corrected chi connectivity index (χ1v) is 5.70. The lowest BCUT2D eigenvalue weighted by Crippen LogP contribution is -2.21. The van der Waals surface area contributed by atoms with Crippen molar-refractivity contribution in [2.24, 2.45) is 0 Å². The van der Waals surface area contributed by atoms with Gasteiger partial charge in [0, 0.05) is 19.4 Å². The Hall–Kier alpha value is -2.51. The number of anilines is 1. The number of nitrogens with zero attached hydrogens (tertiary/aromatic N) is 4. The predicted molar refractivity (Wildman–Crippen MR) is 66.8 cm³/mol. The topological polar surface area (TPSA) is 71.2 Å². The summed E-state index contributed by atoms with van der Waals surface area (Å²) >= 11 is 0. The average molecular weight is 282 g/mol. The fraction of sp³-hybridized carbons (Fsp3) is 0.250. The van der Waals surface area contributed by atoms with Gasteiger partial charge in [-0.3, -0.25) is 4.57 Å². The number of halogens is 2. The van der Waals surface area contributed by atoms with Crippen LogP contribution in [0.25, 0.3) is 0 Å². The van der Waals surface area contributed by atoms with Crippen molar-refractivity contribution in [1.29, 1.82) is 0 Å². The summed E-state index contributed by atoms with van der Waals surface area (Å²) in [7, 11) is 1.62. The van der Waals surface area contributed by atoms with Crippen molar-refractivity contribution in [2.45, 2.75) is 13.1 Å². The number of carboxylic acid groups (broad SMARTS) is 1. The molecule has 6 nitrogen and oxygen atoms in total. The molecule has 0 unspecified atom stereocenters. The second-order valence-corrected chi connectivity index (χ2v) is 4.07. The molecule has 106 valence electrons. The SMILES string of the molecule is CN(Cc1nccn1C(F)F)c1cccc(C(=O)O)n1. The molecule has 0 saturated heterocycles. The third-order valence-electron chi connectivity index (χ3n) is 2.68. The molecule has 0 saturated carbocycles. The molecule has 8 heteroatoms. The van der Waals surface area contributed by atoms with Crippen LogP contribution in [0.1, 0.15) is 22.9 Å². The Balaban J connectivity index is 2.19. The lowest BCUT2D eigenvalue weighted by molar-refractivity contribution is 0.0668. The van der Waals surface area contributed by atoms with Gasteiger partial charge < -0.3 is 10.0 Å². The Bertz CT molecular complexity index is 615. The van der Waals surface area contributed by atoms with Crippen molar-refractivity contribution in [1.82, 2.24) is 14.5 Å². The molecule has 2 aromatic rings. The van der Waals surface area contributed by atoms with Crippen LogP contribution in [0, 0.1) is 0 Å². The van der Waals surface area contributed by atoms with E-state index < -0.39 is 12.5 Å². The van der Waals surface area contributed by atoms with E-state index in [1.54, 1.807) is 24.1 Å². The van der Waals surface area contributed by atoms with Gasteiger partial charge in [-0.05, 0) is 12.1 Å². The van der Waals surface area contributed by atoms with Crippen LogP contribution >= 0.6 is 0 Å². The van der Waals surface area contributed by atoms with Gasteiger partial charge in [-0.1, -0.05) is 6.07 Å². The molecule has 0 spiro atoms. The fourth-order valence-electron chi connectivity index (χ4n) is 1.69. The van der Waals surface area contributed by atoms with E-state index in [-0.39, 0.29) is 18.1 Å². The van der Waals surface area contributed by atoms with Gasteiger partial charge in [-0.25, -0.2) is 14.8 Å². The second kappa shape index (κ2) is 5.64. The number of hydrogen-bond acceptors (Lipinski definition) is 4. The van der Waals surface area contributed by atoms with Gasteiger partial charge in [0.1, 0.15) is 11.6 Å². The Morgan fingerprint density at radius 2 is 2.25 bits per heavy atom. The van der Waals surface area contributed by atoms with Crippen LogP contribution in [-0.4, -0.2) is 32.7 Å². The first-order chi connectivity index (χ1) is 9.49. The van der Waals surface area contributed by atoms with Gasteiger partial charge in [-0.2, -0.15) is 8.78 Å². The highest BCUT2D eigenvalue weighted by atomic mass is 19.3. The molecule has 2 aromatic heterocycles. The highest BCUT2D eigenvalue weighted by molar-refractivity contribution is 5.85. The van der Waals surface area contributed by atoms with Crippen LogP contribution in [0.2, 0.25) is 0 Å². The van der Waals surface area contributed by atoms with Gasteiger partial charge in [0.05, 0.1) is 6.54 Å². The average Bonchev–Trinajstić information content (AvgIpc) is 2.87. The Kier molecular flexibility index (Phi) is 3.92. The third kappa shape index (κ3) is 2.90. The molecule has 0 aliphatic carbocycles. The summed E-state index contributed by atoms with van der Waals surface area (Å²) in [4.78, 5) is 20.2. The lowest BCUT2D eigenvalue weighted by atomic mass is 10.3. The Labute approximate surface area is 113 Å². The maximum atomic E-state index is 12.7. The van der Waals surface area contributed by atoms with Crippen molar-refractivity contribution in [2.75, 3.05) is 11.9 Å². The number of imidazole rings is 1. The van der Waals surface area contributed by atoms with Crippen LogP contribution in [0.3, 0.4) is 0 Å². The first kappa shape index (κ1) is 13.9. The van der Waals surface area contributed by atoms with Gasteiger partial charge in [0.15, 0.2) is 5.69 Å². The number of hydrogen-bond donors (Lipinski definition) is 1. The highest BCUT2D eigenvalue weighted by Gasteiger charge is 2.14. The minimum absolute atomic E-state index is 0.0907. The molecule has 0 aromatic carbocycles. The number of alkyl halides is 2. The normalized spacial score (nSPS) is 10.8. The van der Waals surface area contributed by atoms with Gasteiger partial charge in [0.25, 0.3) is 0 Å². The zero-order chi connectivity index (χ0) is 14.7. The minimum Gasteiger partial charge on any atom is -0.477 e. The van der Waals surface area contributed by atoms with Crippen molar-refractivity contribution in [3.8, 4) is 0 Å². The molecule has 0 radical (unpaired) electrons. The molecule has 20 heavy (non-hydrogen) atoms. The zero-order valence-electron chi connectivity index (χ0n) is 10.6. The second-order valence-electron chi connectivity index (χ2n) is 4.07. The Morgan fingerprint density at radius 1 is 1.50 bits per heavy atom. The van der Waals surface area contributed by atoms with Crippen LogP contribution < -0.4 is 4.90 Å². The van der Waals surface area contributed by atoms with Gasteiger partial charge >= 0.3 is 12.5 Å². The molecular formula is C12H12F2N4O2. The lowest BCUT2D eigenvalue weighted by Gasteiger charge is -2.18.